The van der Waals surface area contributed by atoms with Crippen molar-refractivity contribution in [1.29, 1.82) is 5.26 Å². The molecular weight excluding hydrogens is 392 g/mol. The van der Waals surface area contributed by atoms with Crippen LogP contribution in [-0.2, 0) is 0 Å². The SMILES string of the molecule is Cc1ccc(-c2csc(/C(C#N)=C\C(Br)=C\c3ccccc3)n2)cc1. The van der Waals surface area contributed by atoms with Crippen LogP contribution in [0.5, 0.6) is 0 Å². The Morgan fingerprint density at radius 3 is 2.52 bits per heavy atom. The van der Waals surface area contributed by atoms with Crippen LogP contribution >= 0.6 is 27.3 Å². The van der Waals surface area contributed by atoms with Crippen LogP contribution in [0, 0.1) is 18.3 Å². The van der Waals surface area contributed by atoms with Gasteiger partial charge in [0.1, 0.15) is 11.1 Å². The van der Waals surface area contributed by atoms with Crippen molar-refractivity contribution in [2.24, 2.45) is 0 Å². The maximum atomic E-state index is 9.51. The maximum Gasteiger partial charge on any atom is 0.134 e. The molecule has 0 unspecified atom stereocenters. The van der Waals surface area contributed by atoms with Crippen molar-refractivity contribution in [3.05, 3.63) is 86.7 Å². The highest BCUT2D eigenvalue weighted by Crippen LogP contribution is 2.28. The Hall–Kier alpha value is -2.48. The van der Waals surface area contributed by atoms with Gasteiger partial charge in [-0.3, -0.25) is 0 Å². The Bertz CT molecular complexity index is 961. The van der Waals surface area contributed by atoms with Crippen LogP contribution < -0.4 is 0 Å². The third-order valence-electron chi connectivity index (χ3n) is 3.59. The molecule has 0 aliphatic carbocycles. The summed E-state index contributed by atoms with van der Waals surface area (Å²) in [5.41, 5.74) is 4.78. The zero-order chi connectivity index (χ0) is 17.6. The number of thiazole rings is 1. The predicted molar refractivity (Wildman–Crippen MR) is 109 cm³/mol. The molecule has 25 heavy (non-hydrogen) atoms. The van der Waals surface area contributed by atoms with Gasteiger partial charge in [0.25, 0.3) is 0 Å². The Morgan fingerprint density at radius 1 is 1.12 bits per heavy atom. The largest absolute Gasteiger partial charge is 0.235 e. The number of nitriles is 1. The maximum absolute atomic E-state index is 9.51. The number of rotatable bonds is 4. The van der Waals surface area contributed by atoms with Gasteiger partial charge in [-0.2, -0.15) is 5.26 Å². The molecule has 0 saturated heterocycles. The van der Waals surface area contributed by atoms with Gasteiger partial charge in [0.05, 0.1) is 11.3 Å². The Balaban J connectivity index is 1.88. The van der Waals surface area contributed by atoms with Gasteiger partial charge in [-0.1, -0.05) is 76.1 Å². The van der Waals surface area contributed by atoms with E-state index in [0.29, 0.717) is 5.57 Å². The number of aromatic nitrogens is 1. The van der Waals surface area contributed by atoms with Crippen LogP contribution in [0.1, 0.15) is 16.1 Å². The molecule has 0 atom stereocenters. The van der Waals surface area contributed by atoms with E-state index in [0.717, 1.165) is 26.3 Å². The van der Waals surface area contributed by atoms with E-state index in [1.165, 1.54) is 16.9 Å². The molecule has 122 valence electrons. The highest BCUT2D eigenvalue weighted by atomic mass is 79.9. The number of benzene rings is 2. The van der Waals surface area contributed by atoms with Crippen molar-refractivity contribution < 1.29 is 0 Å². The molecule has 2 nitrogen and oxygen atoms in total. The zero-order valence-electron chi connectivity index (χ0n) is 13.6. The fourth-order valence-electron chi connectivity index (χ4n) is 2.28. The molecule has 0 fully saturated rings. The quantitative estimate of drug-likeness (QED) is 0.368. The van der Waals surface area contributed by atoms with Crippen LogP contribution in [0.3, 0.4) is 0 Å². The zero-order valence-corrected chi connectivity index (χ0v) is 16.0. The van der Waals surface area contributed by atoms with E-state index in [1.54, 1.807) is 0 Å². The van der Waals surface area contributed by atoms with Crippen molar-refractivity contribution >= 4 is 38.9 Å². The Labute approximate surface area is 159 Å². The molecule has 1 heterocycles. The second kappa shape index (κ2) is 8.06. The summed E-state index contributed by atoms with van der Waals surface area (Å²) in [4.78, 5) is 4.62. The second-order valence-corrected chi connectivity index (χ2v) is 7.29. The van der Waals surface area contributed by atoms with Crippen molar-refractivity contribution in [3.63, 3.8) is 0 Å². The molecule has 1 aromatic heterocycles. The van der Waals surface area contributed by atoms with E-state index in [-0.39, 0.29) is 0 Å². The molecule has 4 heteroatoms. The number of allylic oxidation sites excluding steroid dienone is 3. The average molecular weight is 407 g/mol. The Morgan fingerprint density at radius 2 is 1.84 bits per heavy atom. The van der Waals surface area contributed by atoms with Crippen molar-refractivity contribution in [2.75, 3.05) is 0 Å². The van der Waals surface area contributed by atoms with Gasteiger partial charge >= 0.3 is 0 Å². The van der Waals surface area contributed by atoms with Crippen molar-refractivity contribution in [1.82, 2.24) is 4.98 Å². The molecule has 3 rings (SSSR count). The first kappa shape index (κ1) is 17.3. The van der Waals surface area contributed by atoms with Gasteiger partial charge < -0.3 is 0 Å². The highest BCUT2D eigenvalue weighted by Gasteiger charge is 2.09. The van der Waals surface area contributed by atoms with Gasteiger partial charge in [-0.15, -0.1) is 11.3 Å². The predicted octanol–water partition coefficient (Wildman–Crippen LogP) is 6.46. The van der Waals surface area contributed by atoms with E-state index in [9.17, 15) is 5.26 Å². The minimum atomic E-state index is 0.544. The van der Waals surface area contributed by atoms with Crippen LogP contribution in [-0.4, -0.2) is 4.98 Å². The summed E-state index contributed by atoms with van der Waals surface area (Å²) in [6.07, 6.45) is 3.79. The van der Waals surface area contributed by atoms with Gasteiger partial charge in [0.15, 0.2) is 0 Å². The summed E-state index contributed by atoms with van der Waals surface area (Å²) >= 11 is 5.00. The third-order valence-corrected chi connectivity index (χ3v) is 4.92. The number of hydrogen-bond donors (Lipinski definition) is 0. The third kappa shape index (κ3) is 4.54. The summed E-state index contributed by atoms with van der Waals surface area (Å²) in [7, 11) is 0. The lowest BCUT2D eigenvalue weighted by atomic mass is 10.1. The normalized spacial score (nSPS) is 12.0. The van der Waals surface area contributed by atoms with E-state index in [4.69, 9.17) is 0 Å². The smallest absolute Gasteiger partial charge is 0.134 e. The topological polar surface area (TPSA) is 36.7 Å². The molecule has 3 aromatic rings. The van der Waals surface area contributed by atoms with Crippen LogP contribution in [0.25, 0.3) is 22.9 Å². The van der Waals surface area contributed by atoms with E-state index in [1.807, 2.05) is 47.9 Å². The lowest BCUT2D eigenvalue weighted by Gasteiger charge is -1.98. The first-order valence-corrected chi connectivity index (χ1v) is 9.40. The van der Waals surface area contributed by atoms with Gasteiger partial charge in [-0.25, -0.2) is 4.98 Å². The molecule has 2 aromatic carbocycles. The summed E-state index contributed by atoms with van der Waals surface area (Å²) in [6.45, 7) is 2.06. The summed E-state index contributed by atoms with van der Waals surface area (Å²) in [5, 5.41) is 12.2. The molecule has 0 radical (unpaired) electrons. The summed E-state index contributed by atoms with van der Waals surface area (Å²) < 4.78 is 0.835. The van der Waals surface area contributed by atoms with Crippen molar-refractivity contribution in [3.8, 4) is 17.3 Å². The monoisotopic (exact) mass is 406 g/mol. The van der Waals surface area contributed by atoms with Crippen LogP contribution in [0.4, 0.5) is 0 Å². The fourth-order valence-corrected chi connectivity index (χ4v) is 3.57. The fraction of sp³-hybridized carbons (Fsp3) is 0.0476. The van der Waals surface area contributed by atoms with Crippen molar-refractivity contribution in [2.45, 2.75) is 6.92 Å². The Kier molecular flexibility index (Phi) is 5.60. The molecule has 0 aliphatic rings. The summed E-state index contributed by atoms with van der Waals surface area (Å²) in [6, 6.07) is 20.4. The molecule has 0 saturated carbocycles. The number of nitrogens with zero attached hydrogens (tertiary/aromatic N) is 2. The highest BCUT2D eigenvalue weighted by molar-refractivity contribution is 9.12. The van der Waals surface area contributed by atoms with Gasteiger partial charge in [-0.05, 0) is 24.6 Å². The lowest BCUT2D eigenvalue weighted by molar-refractivity contribution is 1.36. The van der Waals surface area contributed by atoms with Crippen LogP contribution in [0.15, 0.2) is 70.5 Å². The molecular formula is C21H15BrN2S. The molecule has 0 aliphatic heterocycles. The lowest BCUT2D eigenvalue weighted by Crippen LogP contribution is -1.83. The molecule has 0 N–H and O–H groups in total. The van der Waals surface area contributed by atoms with Gasteiger partial charge in [0, 0.05) is 15.4 Å². The number of aryl methyl sites for hydroxylation is 1. The number of halogens is 1. The van der Waals surface area contributed by atoms with E-state index in [2.05, 4.69) is 58.2 Å². The second-order valence-electron chi connectivity index (χ2n) is 5.51. The van der Waals surface area contributed by atoms with Crippen LogP contribution in [0.2, 0.25) is 0 Å². The summed E-state index contributed by atoms with van der Waals surface area (Å²) in [5.74, 6) is 0. The standard InChI is InChI=1S/C21H15BrN2S/c1-15-7-9-17(10-8-15)20-14-25-21(24-20)18(13-23)12-19(22)11-16-5-3-2-4-6-16/h2-12,14H,1H3/b18-12-,19-11-. The first-order chi connectivity index (χ1) is 12.2. The molecule has 0 spiro atoms. The van der Waals surface area contributed by atoms with E-state index >= 15 is 0 Å². The minimum Gasteiger partial charge on any atom is -0.235 e. The molecule has 0 bridgehead atoms. The van der Waals surface area contributed by atoms with E-state index < -0.39 is 0 Å². The minimum absolute atomic E-state index is 0.544. The first-order valence-electron chi connectivity index (χ1n) is 7.73. The number of hydrogen-bond acceptors (Lipinski definition) is 3. The van der Waals surface area contributed by atoms with Gasteiger partial charge in [0.2, 0.25) is 0 Å². The average Bonchev–Trinajstić information content (AvgIpc) is 3.11. The molecule has 0 amide bonds.